The fraction of sp³-hybridized carbons (Fsp3) is 0.400. The topological polar surface area (TPSA) is 83.2 Å². The Morgan fingerprint density at radius 3 is 2.37 bits per heavy atom. The van der Waals surface area contributed by atoms with Crippen molar-refractivity contribution in [2.24, 2.45) is 0 Å². The highest BCUT2D eigenvalue weighted by Crippen LogP contribution is 2.23. The van der Waals surface area contributed by atoms with Gasteiger partial charge in [-0.2, -0.15) is 0 Å². The zero-order chi connectivity index (χ0) is 19.4. The van der Waals surface area contributed by atoms with Crippen molar-refractivity contribution in [1.82, 2.24) is 20.3 Å². The molecule has 144 valence electrons. The number of benzene rings is 2. The number of fused-ring (bicyclic) bond motifs is 1. The lowest BCUT2D eigenvalue weighted by Crippen LogP contribution is -2.43. The van der Waals surface area contributed by atoms with E-state index in [1.54, 1.807) is 6.07 Å². The fourth-order valence-corrected chi connectivity index (χ4v) is 2.82. The van der Waals surface area contributed by atoms with Gasteiger partial charge in [0.25, 0.3) is 0 Å². The molecule has 0 spiro atoms. The Morgan fingerprint density at radius 2 is 1.74 bits per heavy atom. The average Bonchev–Trinajstić information content (AvgIpc) is 3.03. The maximum Gasteiger partial charge on any atom is 0.143 e. The summed E-state index contributed by atoms with van der Waals surface area (Å²) in [4.78, 5) is 1.46. The largest absolute Gasteiger partial charge is 0.506 e. The molecule has 3 aromatic rings. The number of rotatable bonds is 8. The summed E-state index contributed by atoms with van der Waals surface area (Å²) >= 11 is 0. The van der Waals surface area contributed by atoms with Crippen molar-refractivity contribution in [3.8, 4) is 11.4 Å². The summed E-state index contributed by atoms with van der Waals surface area (Å²) < 4.78 is 0.853. The quantitative estimate of drug-likeness (QED) is 0.415. The summed E-state index contributed by atoms with van der Waals surface area (Å²) in [6.07, 6.45) is 0.724. The van der Waals surface area contributed by atoms with Crippen LogP contribution < -0.4 is 5.32 Å². The molecule has 1 aromatic heterocycles. The van der Waals surface area contributed by atoms with Crippen LogP contribution in [-0.4, -0.2) is 70.2 Å². The Labute approximate surface area is 159 Å². The van der Waals surface area contributed by atoms with E-state index in [4.69, 9.17) is 0 Å². The number of aromatic nitrogens is 3. The van der Waals surface area contributed by atoms with E-state index in [1.165, 1.54) is 4.80 Å². The third kappa shape index (κ3) is 5.26. The molecule has 1 heterocycles. The first-order valence-electron chi connectivity index (χ1n) is 9.18. The predicted octanol–water partition coefficient (Wildman–Crippen LogP) is 1.67. The number of hydrogen-bond acceptors (Lipinski definition) is 5. The molecular weight excluding hydrogens is 342 g/mol. The highest BCUT2D eigenvalue weighted by Gasteiger charge is 2.12. The minimum atomic E-state index is -0.556. The molecule has 3 rings (SSSR count). The van der Waals surface area contributed by atoms with E-state index < -0.39 is 6.23 Å². The Kier molecular flexibility index (Phi) is 5.74. The molecule has 0 radical (unpaired) electrons. The number of likely N-dealkylation sites (N-methyl/N-ethyl adjacent to an activating group) is 1. The first-order chi connectivity index (χ1) is 12.8. The van der Waals surface area contributed by atoms with Gasteiger partial charge in [0.05, 0.1) is 27.7 Å². The molecule has 0 amide bonds. The summed E-state index contributed by atoms with van der Waals surface area (Å²) in [5, 5.41) is 32.4. The van der Waals surface area contributed by atoms with Gasteiger partial charge in [-0.05, 0) is 42.7 Å². The van der Waals surface area contributed by atoms with Crippen LogP contribution in [0.2, 0.25) is 0 Å². The minimum absolute atomic E-state index is 0.126. The summed E-state index contributed by atoms with van der Waals surface area (Å²) in [7, 11) is 6.37. The molecule has 0 bridgehead atoms. The normalized spacial score (nSPS) is 13.2. The van der Waals surface area contributed by atoms with Gasteiger partial charge in [-0.3, -0.25) is 5.32 Å². The van der Waals surface area contributed by atoms with E-state index in [-0.39, 0.29) is 5.75 Å². The highest BCUT2D eigenvalue weighted by atomic mass is 16.3. The van der Waals surface area contributed by atoms with E-state index in [2.05, 4.69) is 36.7 Å². The zero-order valence-corrected chi connectivity index (χ0v) is 16.1. The van der Waals surface area contributed by atoms with Crippen LogP contribution in [0.3, 0.4) is 0 Å². The number of phenolic OH excluding ortho intramolecular Hbond substituents is 1. The number of aliphatic hydroxyl groups is 1. The first kappa shape index (κ1) is 19.3. The molecule has 27 heavy (non-hydrogen) atoms. The van der Waals surface area contributed by atoms with E-state index >= 15 is 0 Å². The molecule has 7 heteroatoms. The van der Waals surface area contributed by atoms with Crippen LogP contribution in [0, 0.1) is 0 Å². The van der Waals surface area contributed by atoms with Crippen molar-refractivity contribution >= 4 is 11.0 Å². The second-order valence-corrected chi connectivity index (χ2v) is 7.82. The molecule has 0 aliphatic heterocycles. The number of phenols is 1. The van der Waals surface area contributed by atoms with Crippen molar-refractivity contribution < 1.29 is 14.7 Å². The molecule has 0 saturated heterocycles. The van der Waals surface area contributed by atoms with Gasteiger partial charge in [0.2, 0.25) is 0 Å². The SMILES string of the molecule is C[N+](C)(C)CCNC(O)CCc1ccc(O)c(-n2nc3ccccc3n2)c1. The molecule has 2 aromatic carbocycles. The second-order valence-electron chi connectivity index (χ2n) is 7.82. The van der Waals surface area contributed by atoms with E-state index in [1.807, 2.05) is 36.4 Å². The minimum Gasteiger partial charge on any atom is -0.506 e. The maximum atomic E-state index is 10.2. The predicted molar refractivity (Wildman–Crippen MR) is 106 cm³/mol. The number of aryl methyl sites for hydroxylation is 1. The maximum absolute atomic E-state index is 10.2. The lowest BCUT2D eigenvalue weighted by Gasteiger charge is -2.24. The summed E-state index contributed by atoms with van der Waals surface area (Å²) in [5.41, 5.74) is 3.10. The molecular formula is C20H28N5O2+. The van der Waals surface area contributed by atoms with Crippen LogP contribution in [-0.2, 0) is 6.42 Å². The van der Waals surface area contributed by atoms with Gasteiger partial charge in [0.1, 0.15) is 28.7 Å². The highest BCUT2D eigenvalue weighted by molar-refractivity contribution is 5.73. The standard InChI is InChI=1S/C20H27N5O2/c1-25(2,3)13-12-21-20(27)11-9-15-8-10-19(26)18(14-15)24-22-16-6-4-5-7-17(16)23-24/h4-8,10,14,20-21,27H,9,11-13H2,1-3H3/p+1. The third-order valence-electron chi connectivity index (χ3n) is 4.41. The van der Waals surface area contributed by atoms with Crippen molar-refractivity contribution in [3.05, 3.63) is 48.0 Å². The molecule has 0 saturated carbocycles. The van der Waals surface area contributed by atoms with Crippen LogP contribution in [0.1, 0.15) is 12.0 Å². The molecule has 0 fully saturated rings. The number of aromatic hydroxyl groups is 1. The fourth-order valence-electron chi connectivity index (χ4n) is 2.82. The monoisotopic (exact) mass is 370 g/mol. The van der Waals surface area contributed by atoms with Crippen molar-refractivity contribution in [2.45, 2.75) is 19.1 Å². The average molecular weight is 370 g/mol. The van der Waals surface area contributed by atoms with E-state index in [0.717, 1.165) is 34.2 Å². The van der Waals surface area contributed by atoms with Gasteiger partial charge < -0.3 is 14.7 Å². The molecule has 1 unspecified atom stereocenters. The third-order valence-corrected chi connectivity index (χ3v) is 4.41. The Balaban J connectivity index is 1.65. The summed E-state index contributed by atoms with van der Waals surface area (Å²) in [5.74, 6) is 0.126. The molecule has 3 N–H and O–H groups in total. The Bertz CT molecular complexity index is 868. The van der Waals surface area contributed by atoms with Gasteiger partial charge in [-0.15, -0.1) is 15.0 Å². The molecule has 0 aliphatic carbocycles. The molecule has 0 aliphatic rings. The number of nitrogens with zero attached hydrogens (tertiary/aromatic N) is 4. The number of nitrogens with one attached hydrogen (secondary N) is 1. The first-order valence-corrected chi connectivity index (χ1v) is 9.18. The van der Waals surface area contributed by atoms with Crippen molar-refractivity contribution in [2.75, 3.05) is 34.2 Å². The van der Waals surface area contributed by atoms with Crippen LogP contribution in [0.4, 0.5) is 0 Å². The van der Waals surface area contributed by atoms with E-state index in [9.17, 15) is 10.2 Å². The molecule has 1 atom stereocenters. The Morgan fingerprint density at radius 1 is 1.07 bits per heavy atom. The second kappa shape index (κ2) is 8.04. The zero-order valence-electron chi connectivity index (χ0n) is 16.1. The van der Waals surface area contributed by atoms with Gasteiger partial charge in [-0.1, -0.05) is 18.2 Å². The smallest absolute Gasteiger partial charge is 0.143 e. The van der Waals surface area contributed by atoms with Crippen molar-refractivity contribution in [3.63, 3.8) is 0 Å². The van der Waals surface area contributed by atoms with Crippen LogP contribution in [0.5, 0.6) is 5.75 Å². The number of hydrogen-bond donors (Lipinski definition) is 3. The lowest BCUT2D eigenvalue weighted by molar-refractivity contribution is -0.869. The Hall–Kier alpha value is -2.48. The van der Waals surface area contributed by atoms with Gasteiger partial charge in [-0.25, -0.2) is 0 Å². The number of quaternary nitrogens is 1. The lowest BCUT2D eigenvalue weighted by atomic mass is 10.1. The summed E-state index contributed by atoms with van der Waals surface area (Å²) in [6, 6.07) is 13.0. The number of aliphatic hydroxyl groups excluding tert-OH is 1. The van der Waals surface area contributed by atoms with Gasteiger partial charge in [0.15, 0.2) is 0 Å². The summed E-state index contributed by atoms with van der Waals surface area (Å²) in [6.45, 7) is 1.70. The van der Waals surface area contributed by atoms with Crippen LogP contribution in [0.25, 0.3) is 16.7 Å². The van der Waals surface area contributed by atoms with Gasteiger partial charge in [0, 0.05) is 6.54 Å². The van der Waals surface area contributed by atoms with Crippen LogP contribution >= 0.6 is 0 Å². The molecule has 7 nitrogen and oxygen atoms in total. The van der Waals surface area contributed by atoms with Crippen molar-refractivity contribution in [1.29, 1.82) is 0 Å². The van der Waals surface area contributed by atoms with E-state index in [0.29, 0.717) is 18.5 Å². The van der Waals surface area contributed by atoms with Crippen LogP contribution in [0.15, 0.2) is 42.5 Å². The van der Waals surface area contributed by atoms with Gasteiger partial charge >= 0.3 is 0 Å².